The minimum absolute atomic E-state index is 0.0746. The molecule has 2 aromatic carbocycles. The second-order valence-corrected chi connectivity index (χ2v) is 5.93. The molecule has 0 unspecified atom stereocenters. The molecule has 0 radical (unpaired) electrons. The Hall–Kier alpha value is -2.35. The summed E-state index contributed by atoms with van der Waals surface area (Å²) < 4.78 is 5.40. The van der Waals surface area contributed by atoms with E-state index in [-0.39, 0.29) is 5.78 Å². The highest BCUT2D eigenvalue weighted by molar-refractivity contribution is 6.30. The summed E-state index contributed by atoms with van der Waals surface area (Å²) in [4.78, 5) is 13.3. The summed E-state index contributed by atoms with van der Waals surface area (Å²) in [7, 11) is 1.61. The van der Waals surface area contributed by atoms with Crippen LogP contribution in [-0.2, 0) is 0 Å². The zero-order valence-corrected chi connectivity index (χ0v) is 13.5. The lowest BCUT2D eigenvalue weighted by molar-refractivity contribution is 0.105. The van der Waals surface area contributed by atoms with E-state index in [4.69, 9.17) is 4.74 Å². The Kier molecular flexibility index (Phi) is 4.92. The number of rotatable bonds is 4. The standard InChI is InChI=1S/C21H22O2/c1-23-19-15-9-8-14-18(19)21(22)20(16-10-4-2-5-11-16)17-12-6-3-7-13-17/h2,4-5,8-11,14-15H,3,6-7,12-13H2,1H3. The first kappa shape index (κ1) is 15.5. The molecule has 0 heterocycles. The van der Waals surface area contributed by atoms with Crippen LogP contribution in [0.1, 0.15) is 48.0 Å². The van der Waals surface area contributed by atoms with Gasteiger partial charge < -0.3 is 4.74 Å². The quantitative estimate of drug-likeness (QED) is 0.566. The van der Waals surface area contributed by atoms with Gasteiger partial charge >= 0.3 is 0 Å². The highest BCUT2D eigenvalue weighted by atomic mass is 16.5. The molecular formula is C21H22O2. The van der Waals surface area contributed by atoms with Crippen LogP contribution < -0.4 is 4.74 Å². The number of para-hydroxylation sites is 1. The Balaban J connectivity index is 2.10. The van der Waals surface area contributed by atoms with Crippen LogP contribution in [0.15, 0.2) is 60.2 Å². The summed E-state index contributed by atoms with van der Waals surface area (Å²) in [6.07, 6.45) is 5.64. The van der Waals surface area contributed by atoms with Gasteiger partial charge in [0.1, 0.15) is 5.75 Å². The van der Waals surface area contributed by atoms with Crippen LogP contribution in [0.4, 0.5) is 0 Å². The second kappa shape index (κ2) is 7.28. The maximum absolute atomic E-state index is 13.3. The van der Waals surface area contributed by atoms with E-state index in [0.717, 1.165) is 24.0 Å². The number of methoxy groups -OCH3 is 1. The lowest BCUT2D eigenvalue weighted by atomic mass is 9.84. The van der Waals surface area contributed by atoms with Crippen molar-refractivity contribution in [3.8, 4) is 5.75 Å². The molecule has 3 rings (SSSR count). The van der Waals surface area contributed by atoms with Crippen LogP contribution in [0.5, 0.6) is 5.75 Å². The van der Waals surface area contributed by atoms with Crippen molar-refractivity contribution in [2.24, 2.45) is 0 Å². The average molecular weight is 306 g/mol. The number of ketones is 1. The van der Waals surface area contributed by atoms with Gasteiger partial charge in [-0.1, -0.05) is 54.5 Å². The highest BCUT2D eigenvalue weighted by Crippen LogP contribution is 2.34. The molecule has 1 fully saturated rings. The lowest BCUT2D eigenvalue weighted by Gasteiger charge is -2.20. The Morgan fingerprint density at radius 1 is 0.870 bits per heavy atom. The number of allylic oxidation sites excluding steroid dienone is 2. The van der Waals surface area contributed by atoms with Crippen LogP contribution in [0.2, 0.25) is 0 Å². The van der Waals surface area contributed by atoms with Crippen molar-refractivity contribution in [2.75, 3.05) is 7.11 Å². The molecule has 1 aliphatic rings. The van der Waals surface area contributed by atoms with Gasteiger partial charge in [0.25, 0.3) is 0 Å². The Labute approximate surface area is 137 Å². The molecule has 23 heavy (non-hydrogen) atoms. The van der Waals surface area contributed by atoms with E-state index in [2.05, 4.69) is 0 Å². The average Bonchev–Trinajstić information content (AvgIpc) is 2.63. The molecule has 2 nitrogen and oxygen atoms in total. The van der Waals surface area contributed by atoms with Gasteiger partial charge in [0, 0.05) is 5.57 Å². The van der Waals surface area contributed by atoms with Crippen LogP contribution in [-0.4, -0.2) is 12.9 Å². The molecule has 0 saturated heterocycles. The molecule has 1 aliphatic carbocycles. The molecule has 0 aromatic heterocycles. The van der Waals surface area contributed by atoms with Crippen LogP contribution in [0, 0.1) is 0 Å². The van der Waals surface area contributed by atoms with Gasteiger partial charge in [-0.15, -0.1) is 0 Å². The minimum Gasteiger partial charge on any atom is -0.496 e. The van der Waals surface area contributed by atoms with Gasteiger partial charge in [-0.2, -0.15) is 0 Å². The van der Waals surface area contributed by atoms with Gasteiger partial charge in [0.05, 0.1) is 12.7 Å². The van der Waals surface area contributed by atoms with Gasteiger partial charge in [0.2, 0.25) is 0 Å². The normalized spacial score (nSPS) is 14.4. The van der Waals surface area contributed by atoms with E-state index >= 15 is 0 Å². The number of carbonyl (C=O) groups excluding carboxylic acids is 1. The molecule has 0 atom stereocenters. The zero-order chi connectivity index (χ0) is 16.1. The third-order valence-electron chi connectivity index (χ3n) is 4.45. The molecular weight excluding hydrogens is 284 g/mol. The monoisotopic (exact) mass is 306 g/mol. The minimum atomic E-state index is 0.0746. The van der Waals surface area contributed by atoms with Crippen molar-refractivity contribution in [3.63, 3.8) is 0 Å². The lowest BCUT2D eigenvalue weighted by Crippen LogP contribution is -2.09. The van der Waals surface area contributed by atoms with Crippen molar-refractivity contribution in [1.82, 2.24) is 0 Å². The molecule has 0 N–H and O–H groups in total. The van der Waals surface area contributed by atoms with E-state index in [9.17, 15) is 4.79 Å². The Morgan fingerprint density at radius 3 is 2.22 bits per heavy atom. The smallest absolute Gasteiger partial charge is 0.197 e. The molecule has 118 valence electrons. The zero-order valence-electron chi connectivity index (χ0n) is 13.5. The highest BCUT2D eigenvalue weighted by Gasteiger charge is 2.22. The van der Waals surface area contributed by atoms with E-state index in [1.54, 1.807) is 7.11 Å². The summed E-state index contributed by atoms with van der Waals surface area (Å²) in [5, 5.41) is 0. The maximum Gasteiger partial charge on any atom is 0.197 e. The Bertz CT molecular complexity index is 706. The molecule has 2 aromatic rings. The van der Waals surface area contributed by atoms with Gasteiger partial charge in [-0.05, 0) is 43.4 Å². The fourth-order valence-electron chi connectivity index (χ4n) is 3.30. The number of carbonyl (C=O) groups is 1. The largest absolute Gasteiger partial charge is 0.496 e. The van der Waals surface area contributed by atoms with E-state index in [1.807, 2.05) is 54.6 Å². The second-order valence-electron chi connectivity index (χ2n) is 5.93. The third kappa shape index (κ3) is 3.37. The number of benzene rings is 2. The summed E-state index contributed by atoms with van der Waals surface area (Å²) >= 11 is 0. The van der Waals surface area contributed by atoms with Gasteiger partial charge in [-0.3, -0.25) is 4.79 Å². The first-order valence-electron chi connectivity index (χ1n) is 8.26. The van der Waals surface area contributed by atoms with Crippen molar-refractivity contribution in [1.29, 1.82) is 0 Å². The molecule has 1 saturated carbocycles. The van der Waals surface area contributed by atoms with Crippen molar-refractivity contribution in [2.45, 2.75) is 32.1 Å². The predicted octanol–water partition coefficient (Wildman–Crippen LogP) is 5.30. The van der Waals surface area contributed by atoms with Crippen molar-refractivity contribution in [3.05, 3.63) is 71.3 Å². The number of ether oxygens (including phenoxy) is 1. The maximum atomic E-state index is 13.3. The summed E-state index contributed by atoms with van der Waals surface area (Å²) in [6, 6.07) is 17.5. The van der Waals surface area contributed by atoms with E-state index in [0.29, 0.717) is 11.3 Å². The topological polar surface area (TPSA) is 26.3 Å². The molecule has 0 aliphatic heterocycles. The molecule has 0 spiro atoms. The van der Waals surface area contributed by atoms with E-state index in [1.165, 1.54) is 24.8 Å². The van der Waals surface area contributed by atoms with Gasteiger partial charge in [0.15, 0.2) is 5.78 Å². The number of Topliss-reactive ketones (excluding diaryl/α,β-unsaturated/α-hetero) is 1. The van der Waals surface area contributed by atoms with Crippen LogP contribution in [0.25, 0.3) is 5.57 Å². The fourth-order valence-corrected chi connectivity index (χ4v) is 3.30. The summed E-state index contributed by atoms with van der Waals surface area (Å²) in [5.74, 6) is 0.716. The molecule has 0 bridgehead atoms. The molecule has 2 heteroatoms. The predicted molar refractivity (Wildman–Crippen MR) is 93.8 cm³/mol. The molecule has 0 amide bonds. The Morgan fingerprint density at radius 2 is 1.52 bits per heavy atom. The van der Waals surface area contributed by atoms with Crippen LogP contribution >= 0.6 is 0 Å². The van der Waals surface area contributed by atoms with Crippen LogP contribution in [0.3, 0.4) is 0 Å². The summed E-state index contributed by atoms with van der Waals surface area (Å²) in [6.45, 7) is 0. The van der Waals surface area contributed by atoms with Crippen molar-refractivity contribution >= 4 is 11.4 Å². The summed E-state index contributed by atoms with van der Waals surface area (Å²) in [5.41, 5.74) is 3.82. The number of hydrogen-bond donors (Lipinski definition) is 0. The first-order valence-corrected chi connectivity index (χ1v) is 8.26. The SMILES string of the molecule is COc1ccccc1C(=O)C(=C1CCCCC1)c1ccccc1. The van der Waals surface area contributed by atoms with E-state index < -0.39 is 0 Å². The van der Waals surface area contributed by atoms with Crippen molar-refractivity contribution < 1.29 is 9.53 Å². The van der Waals surface area contributed by atoms with Gasteiger partial charge in [-0.25, -0.2) is 0 Å². The number of hydrogen-bond acceptors (Lipinski definition) is 2. The fraction of sp³-hybridized carbons (Fsp3) is 0.286. The first-order chi connectivity index (χ1) is 11.3. The third-order valence-corrected chi connectivity index (χ3v) is 4.45.